The van der Waals surface area contributed by atoms with Crippen molar-refractivity contribution in [2.24, 2.45) is 0 Å². The minimum Gasteiger partial charge on any atom is -0.280 e. The van der Waals surface area contributed by atoms with Gasteiger partial charge in [0.05, 0.1) is 10.5 Å². The van der Waals surface area contributed by atoms with Gasteiger partial charge in [0, 0.05) is 17.8 Å². The lowest BCUT2D eigenvalue weighted by Crippen LogP contribution is -2.14. The van der Waals surface area contributed by atoms with Gasteiger partial charge in [0.2, 0.25) is 0 Å². The number of hydrogen-bond donors (Lipinski definition) is 1. The normalized spacial score (nSPS) is 10.6. The van der Waals surface area contributed by atoms with Gasteiger partial charge in [-0.3, -0.25) is 14.8 Å². The highest BCUT2D eigenvalue weighted by atomic mass is 32.2. The molecule has 0 aliphatic carbocycles. The molecule has 0 unspecified atom stereocenters. The minimum atomic E-state index is -3.93. The van der Waals surface area contributed by atoms with Crippen molar-refractivity contribution >= 4 is 21.4 Å². The fourth-order valence-electron chi connectivity index (χ4n) is 1.65. The number of sulfonamides is 1. The molecular weight excluding hydrogens is 294 g/mol. The second-order valence-corrected chi connectivity index (χ2v) is 5.67. The van der Waals surface area contributed by atoms with E-state index in [1.165, 1.54) is 42.5 Å². The van der Waals surface area contributed by atoms with Crippen LogP contribution in [0.3, 0.4) is 0 Å². The van der Waals surface area contributed by atoms with Crippen LogP contribution >= 0.6 is 0 Å². The van der Waals surface area contributed by atoms with Gasteiger partial charge in [-0.15, -0.1) is 0 Å². The standard InChI is InChI=1S/C13H9N3O4S/c14-9-10-3-1-2-4-13(10)21(19,20)15-11-5-7-12(8-6-11)16(17)18/h1-8,15H. The largest absolute Gasteiger partial charge is 0.280 e. The highest BCUT2D eigenvalue weighted by Crippen LogP contribution is 2.21. The average molecular weight is 303 g/mol. The first-order valence-electron chi connectivity index (χ1n) is 5.70. The Morgan fingerprint density at radius 2 is 1.71 bits per heavy atom. The summed E-state index contributed by atoms with van der Waals surface area (Å²) in [4.78, 5) is 9.81. The Morgan fingerprint density at radius 1 is 1.10 bits per heavy atom. The van der Waals surface area contributed by atoms with Crippen LogP contribution in [0.2, 0.25) is 0 Å². The summed E-state index contributed by atoms with van der Waals surface area (Å²) in [6.45, 7) is 0. The molecule has 0 aliphatic rings. The lowest BCUT2D eigenvalue weighted by Gasteiger charge is -2.08. The molecule has 0 saturated heterocycles. The number of nitrogens with one attached hydrogen (secondary N) is 1. The number of hydrogen-bond acceptors (Lipinski definition) is 5. The van der Waals surface area contributed by atoms with Crippen molar-refractivity contribution in [3.05, 3.63) is 64.2 Å². The van der Waals surface area contributed by atoms with Crippen molar-refractivity contribution in [1.82, 2.24) is 0 Å². The number of benzene rings is 2. The van der Waals surface area contributed by atoms with E-state index >= 15 is 0 Å². The zero-order valence-corrected chi connectivity index (χ0v) is 11.4. The molecule has 0 bridgehead atoms. The van der Waals surface area contributed by atoms with E-state index in [0.29, 0.717) is 0 Å². The summed E-state index contributed by atoms with van der Waals surface area (Å²) < 4.78 is 26.7. The van der Waals surface area contributed by atoms with Crippen LogP contribution < -0.4 is 4.72 Å². The van der Waals surface area contributed by atoms with E-state index in [1.54, 1.807) is 12.1 Å². The van der Waals surface area contributed by atoms with Crippen LogP contribution in [0.4, 0.5) is 11.4 Å². The molecule has 0 spiro atoms. The first kappa shape index (κ1) is 14.5. The van der Waals surface area contributed by atoms with Gasteiger partial charge < -0.3 is 0 Å². The second-order valence-electron chi connectivity index (χ2n) is 4.02. The quantitative estimate of drug-likeness (QED) is 0.687. The molecule has 1 N–H and O–H groups in total. The highest BCUT2D eigenvalue weighted by molar-refractivity contribution is 7.92. The van der Waals surface area contributed by atoms with Crippen molar-refractivity contribution in [2.75, 3.05) is 4.72 Å². The Balaban J connectivity index is 2.34. The molecule has 8 heteroatoms. The molecule has 0 atom stereocenters. The molecule has 0 saturated carbocycles. The van der Waals surface area contributed by atoms with E-state index in [-0.39, 0.29) is 21.8 Å². The van der Waals surface area contributed by atoms with Crippen LogP contribution in [-0.4, -0.2) is 13.3 Å². The molecular formula is C13H9N3O4S. The van der Waals surface area contributed by atoms with Crippen molar-refractivity contribution in [3.8, 4) is 6.07 Å². The van der Waals surface area contributed by atoms with E-state index in [0.717, 1.165) is 0 Å². The number of anilines is 1. The fourth-order valence-corrected chi connectivity index (χ4v) is 2.87. The van der Waals surface area contributed by atoms with Crippen molar-refractivity contribution < 1.29 is 13.3 Å². The molecule has 2 rings (SSSR count). The maximum absolute atomic E-state index is 12.2. The summed E-state index contributed by atoms with van der Waals surface area (Å²) in [6, 6.07) is 12.5. The van der Waals surface area contributed by atoms with E-state index < -0.39 is 14.9 Å². The van der Waals surface area contributed by atoms with Crippen LogP contribution in [0.25, 0.3) is 0 Å². The molecule has 0 fully saturated rings. The molecule has 0 aliphatic heterocycles. The van der Waals surface area contributed by atoms with Crippen molar-refractivity contribution in [3.63, 3.8) is 0 Å². The van der Waals surface area contributed by atoms with E-state index in [4.69, 9.17) is 5.26 Å². The summed E-state index contributed by atoms with van der Waals surface area (Å²) in [6.07, 6.45) is 0. The van der Waals surface area contributed by atoms with E-state index in [2.05, 4.69) is 4.72 Å². The molecule has 106 valence electrons. The Hall–Kier alpha value is -2.92. The Morgan fingerprint density at radius 3 is 2.29 bits per heavy atom. The number of nitro benzene ring substituents is 1. The first-order chi connectivity index (χ1) is 9.94. The average Bonchev–Trinajstić information content (AvgIpc) is 2.47. The zero-order valence-electron chi connectivity index (χ0n) is 10.6. The molecule has 0 amide bonds. The van der Waals surface area contributed by atoms with Crippen LogP contribution in [0.15, 0.2) is 53.4 Å². The van der Waals surface area contributed by atoms with Crippen molar-refractivity contribution in [1.29, 1.82) is 5.26 Å². The molecule has 0 aromatic heterocycles. The van der Waals surface area contributed by atoms with Gasteiger partial charge in [0.25, 0.3) is 15.7 Å². The Bertz CT molecular complexity index is 823. The third-order valence-electron chi connectivity index (χ3n) is 2.63. The van der Waals surface area contributed by atoms with Gasteiger partial charge >= 0.3 is 0 Å². The third kappa shape index (κ3) is 3.16. The van der Waals surface area contributed by atoms with Crippen LogP contribution in [0.1, 0.15) is 5.56 Å². The predicted octanol–water partition coefficient (Wildman–Crippen LogP) is 2.27. The summed E-state index contributed by atoms with van der Waals surface area (Å²) in [5.41, 5.74) is 0.0515. The first-order valence-corrected chi connectivity index (χ1v) is 7.19. The fraction of sp³-hybridized carbons (Fsp3) is 0. The maximum Gasteiger partial charge on any atom is 0.269 e. The maximum atomic E-state index is 12.2. The number of nitriles is 1. The molecule has 7 nitrogen and oxygen atoms in total. The predicted molar refractivity (Wildman–Crippen MR) is 75.1 cm³/mol. The van der Waals surface area contributed by atoms with Gasteiger partial charge in [-0.1, -0.05) is 12.1 Å². The number of nitro groups is 1. The van der Waals surface area contributed by atoms with E-state index in [9.17, 15) is 18.5 Å². The monoisotopic (exact) mass is 303 g/mol. The second kappa shape index (κ2) is 5.60. The topological polar surface area (TPSA) is 113 Å². The van der Waals surface area contributed by atoms with Gasteiger partial charge in [0.15, 0.2) is 0 Å². The number of nitrogens with zero attached hydrogens (tertiary/aromatic N) is 2. The van der Waals surface area contributed by atoms with Gasteiger partial charge in [0.1, 0.15) is 11.0 Å². The SMILES string of the molecule is N#Cc1ccccc1S(=O)(=O)Nc1ccc([N+](=O)[O-])cc1. The summed E-state index contributed by atoms with van der Waals surface area (Å²) in [7, 11) is -3.93. The zero-order chi connectivity index (χ0) is 15.5. The third-order valence-corrected chi connectivity index (χ3v) is 4.07. The van der Waals surface area contributed by atoms with Crippen LogP contribution in [0, 0.1) is 21.4 Å². The van der Waals surface area contributed by atoms with Gasteiger partial charge in [-0.2, -0.15) is 5.26 Å². The minimum absolute atomic E-state index is 0.0203. The molecule has 2 aromatic rings. The van der Waals surface area contributed by atoms with Gasteiger partial charge in [-0.05, 0) is 24.3 Å². The van der Waals surface area contributed by atoms with Crippen molar-refractivity contribution in [2.45, 2.75) is 4.90 Å². The summed E-state index contributed by atoms with van der Waals surface area (Å²) in [5.74, 6) is 0. The van der Waals surface area contributed by atoms with Crippen LogP contribution in [0.5, 0.6) is 0 Å². The molecule has 2 aromatic carbocycles. The molecule has 0 heterocycles. The summed E-state index contributed by atoms with van der Waals surface area (Å²) in [5, 5.41) is 19.5. The number of rotatable bonds is 4. The Kier molecular flexibility index (Phi) is 3.86. The summed E-state index contributed by atoms with van der Waals surface area (Å²) >= 11 is 0. The lowest BCUT2D eigenvalue weighted by molar-refractivity contribution is -0.384. The number of non-ortho nitro benzene ring substituents is 1. The van der Waals surface area contributed by atoms with E-state index in [1.807, 2.05) is 0 Å². The highest BCUT2D eigenvalue weighted by Gasteiger charge is 2.18. The molecule has 0 radical (unpaired) electrons. The molecule has 21 heavy (non-hydrogen) atoms. The smallest absolute Gasteiger partial charge is 0.269 e. The lowest BCUT2D eigenvalue weighted by atomic mass is 10.2. The van der Waals surface area contributed by atoms with Crippen LogP contribution in [-0.2, 0) is 10.0 Å². The Labute approximate surface area is 120 Å². The van der Waals surface area contributed by atoms with Gasteiger partial charge in [-0.25, -0.2) is 8.42 Å².